The molecular weight excluding hydrogens is 326 g/mol. The second kappa shape index (κ2) is 7.48. The summed E-state index contributed by atoms with van der Waals surface area (Å²) in [5, 5.41) is 6.80. The maximum Gasteiger partial charge on any atom is 0.264 e. The molecule has 0 aromatic carbocycles. The number of carbonyl (C=O) groups is 2. The summed E-state index contributed by atoms with van der Waals surface area (Å²) in [7, 11) is 0. The van der Waals surface area contributed by atoms with Gasteiger partial charge in [-0.3, -0.25) is 14.6 Å². The van der Waals surface area contributed by atoms with Crippen molar-refractivity contribution in [2.45, 2.75) is 19.8 Å². The van der Waals surface area contributed by atoms with E-state index in [0.29, 0.717) is 41.7 Å². The Bertz CT molecular complexity index is 710. The van der Waals surface area contributed by atoms with Gasteiger partial charge < -0.3 is 10.2 Å². The predicted molar refractivity (Wildman–Crippen MR) is 89.8 cm³/mol. The van der Waals surface area contributed by atoms with Gasteiger partial charge in [-0.25, -0.2) is 0 Å². The Morgan fingerprint density at radius 2 is 2.17 bits per heavy atom. The van der Waals surface area contributed by atoms with Gasteiger partial charge in [0.1, 0.15) is 4.88 Å². The number of rotatable bonds is 4. The lowest BCUT2D eigenvalue weighted by Crippen LogP contribution is -2.41. The third kappa shape index (κ3) is 3.76. The van der Waals surface area contributed by atoms with Crippen LogP contribution in [0.3, 0.4) is 0 Å². The smallest absolute Gasteiger partial charge is 0.264 e. The summed E-state index contributed by atoms with van der Waals surface area (Å²) in [6, 6.07) is 3.55. The molecule has 2 amide bonds. The van der Waals surface area contributed by atoms with E-state index in [1.807, 2.05) is 4.90 Å². The first-order valence-electron chi connectivity index (χ1n) is 7.91. The van der Waals surface area contributed by atoms with Gasteiger partial charge in [0.2, 0.25) is 0 Å². The minimum Gasteiger partial charge on any atom is -0.351 e. The summed E-state index contributed by atoms with van der Waals surface area (Å²) in [5.74, 6) is 0.293. The fourth-order valence-electron chi connectivity index (χ4n) is 2.77. The molecule has 2 aromatic rings. The number of carbonyl (C=O) groups excluding carboxylic acids is 2. The normalized spacial score (nSPS) is 15.3. The molecule has 7 nitrogen and oxygen atoms in total. The lowest BCUT2D eigenvalue weighted by Gasteiger charge is -2.32. The van der Waals surface area contributed by atoms with Gasteiger partial charge in [0.05, 0.1) is 11.3 Å². The molecule has 126 valence electrons. The SMILES string of the molecule is Cc1nnsc1C(=O)NCC1CCN(C(=O)c2cccnc2)CC1. The zero-order valence-corrected chi connectivity index (χ0v) is 14.3. The van der Waals surface area contributed by atoms with Crippen LogP contribution in [0.5, 0.6) is 0 Å². The van der Waals surface area contributed by atoms with Gasteiger partial charge in [0, 0.05) is 32.0 Å². The number of hydrogen-bond acceptors (Lipinski definition) is 6. The fraction of sp³-hybridized carbons (Fsp3) is 0.438. The standard InChI is InChI=1S/C16H19N5O2S/c1-11-14(24-20-19-11)15(22)18-9-12-4-7-21(8-5-12)16(23)13-3-2-6-17-10-13/h2-3,6,10,12H,4-5,7-9H2,1H3,(H,18,22). The number of likely N-dealkylation sites (tertiary alicyclic amines) is 1. The van der Waals surface area contributed by atoms with E-state index in [4.69, 9.17) is 0 Å². The largest absolute Gasteiger partial charge is 0.351 e. The number of nitrogens with one attached hydrogen (secondary N) is 1. The van der Waals surface area contributed by atoms with Crippen molar-refractivity contribution in [2.24, 2.45) is 5.92 Å². The van der Waals surface area contributed by atoms with Crippen LogP contribution in [0, 0.1) is 12.8 Å². The van der Waals surface area contributed by atoms with E-state index in [9.17, 15) is 9.59 Å². The molecular formula is C16H19N5O2S. The van der Waals surface area contributed by atoms with Crippen LogP contribution in [0.25, 0.3) is 0 Å². The highest BCUT2D eigenvalue weighted by Gasteiger charge is 2.24. The fourth-order valence-corrected chi connectivity index (χ4v) is 3.34. The average Bonchev–Trinajstić information content (AvgIpc) is 3.06. The van der Waals surface area contributed by atoms with Crippen molar-refractivity contribution in [3.63, 3.8) is 0 Å². The van der Waals surface area contributed by atoms with E-state index < -0.39 is 0 Å². The van der Waals surface area contributed by atoms with Crippen molar-refractivity contribution >= 4 is 23.3 Å². The van der Waals surface area contributed by atoms with Crippen molar-refractivity contribution in [1.82, 2.24) is 24.8 Å². The van der Waals surface area contributed by atoms with Gasteiger partial charge in [-0.05, 0) is 49.3 Å². The van der Waals surface area contributed by atoms with E-state index in [-0.39, 0.29) is 11.8 Å². The number of amides is 2. The van der Waals surface area contributed by atoms with Crippen molar-refractivity contribution in [1.29, 1.82) is 0 Å². The second-order valence-corrected chi connectivity index (χ2v) is 6.63. The van der Waals surface area contributed by atoms with Crippen LogP contribution >= 0.6 is 11.5 Å². The van der Waals surface area contributed by atoms with Crippen molar-refractivity contribution in [2.75, 3.05) is 19.6 Å². The Balaban J connectivity index is 1.46. The minimum absolute atomic E-state index is 0.0249. The molecule has 24 heavy (non-hydrogen) atoms. The van der Waals surface area contributed by atoms with Crippen molar-refractivity contribution in [3.8, 4) is 0 Å². The van der Waals surface area contributed by atoms with Crippen LogP contribution in [0.4, 0.5) is 0 Å². The van der Waals surface area contributed by atoms with Gasteiger partial charge in [-0.15, -0.1) is 5.10 Å². The van der Waals surface area contributed by atoms with E-state index >= 15 is 0 Å². The highest BCUT2D eigenvalue weighted by atomic mass is 32.1. The first-order chi connectivity index (χ1) is 11.6. The van der Waals surface area contributed by atoms with Crippen molar-refractivity contribution in [3.05, 3.63) is 40.7 Å². The summed E-state index contributed by atoms with van der Waals surface area (Å²) >= 11 is 1.11. The molecule has 1 fully saturated rings. The van der Waals surface area contributed by atoms with Gasteiger partial charge in [0.25, 0.3) is 11.8 Å². The Kier molecular flexibility index (Phi) is 5.14. The van der Waals surface area contributed by atoms with Crippen LogP contribution in [-0.2, 0) is 0 Å². The molecule has 0 bridgehead atoms. The van der Waals surface area contributed by atoms with Gasteiger partial charge in [-0.2, -0.15) is 0 Å². The third-order valence-electron chi connectivity index (χ3n) is 4.22. The number of aromatic nitrogens is 3. The summed E-state index contributed by atoms with van der Waals surface area (Å²) in [6.45, 7) is 3.80. The molecule has 8 heteroatoms. The number of piperidine rings is 1. The van der Waals surface area contributed by atoms with Gasteiger partial charge in [0.15, 0.2) is 0 Å². The Morgan fingerprint density at radius 3 is 2.79 bits per heavy atom. The average molecular weight is 345 g/mol. The predicted octanol–water partition coefficient (Wildman–Crippen LogP) is 1.52. The maximum atomic E-state index is 12.4. The first-order valence-corrected chi connectivity index (χ1v) is 8.69. The van der Waals surface area contributed by atoms with Gasteiger partial charge in [-0.1, -0.05) is 4.49 Å². The second-order valence-electron chi connectivity index (χ2n) is 5.87. The minimum atomic E-state index is -0.114. The molecule has 0 spiro atoms. The Labute approximate surface area is 144 Å². The summed E-state index contributed by atoms with van der Waals surface area (Å²) in [4.78, 5) is 30.9. The molecule has 1 aliphatic rings. The molecule has 3 heterocycles. The lowest BCUT2D eigenvalue weighted by molar-refractivity contribution is 0.0684. The lowest BCUT2D eigenvalue weighted by atomic mass is 9.96. The monoisotopic (exact) mass is 345 g/mol. The highest BCUT2D eigenvalue weighted by molar-refractivity contribution is 7.07. The topological polar surface area (TPSA) is 88.1 Å². The number of pyridine rings is 1. The van der Waals surface area contributed by atoms with E-state index in [1.54, 1.807) is 31.5 Å². The molecule has 0 aliphatic carbocycles. The Hall–Kier alpha value is -2.35. The number of nitrogens with zero attached hydrogens (tertiary/aromatic N) is 4. The zero-order valence-electron chi connectivity index (χ0n) is 13.4. The highest BCUT2D eigenvalue weighted by Crippen LogP contribution is 2.19. The molecule has 2 aromatic heterocycles. The molecule has 3 rings (SSSR count). The van der Waals surface area contributed by atoms with Crippen LogP contribution in [0.1, 0.15) is 38.6 Å². The van der Waals surface area contributed by atoms with Crippen molar-refractivity contribution < 1.29 is 9.59 Å². The summed E-state index contributed by atoms with van der Waals surface area (Å²) in [5.41, 5.74) is 1.28. The number of hydrogen-bond donors (Lipinski definition) is 1. The maximum absolute atomic E-state index is 12.4. The molecule has 0 atom stereocenters. The summed E-state index contributed by atoms with van der Waals surface area (Å²) < 4.78 is 3.78. The van der Waals surface area contributed by atoms with Crippen LogP contribution < -0.4 is 5.32 Å². The number of aryl methyl sites for hydroxylation is 1. The van der Waals surface area contributed by atoms with E-state index in [1.165, 1.54) is 0 Å². The van der Waals surface area contributed by atoms with E-state index in [0.717, 1.165) is 24.4 Å². The van der Waals surface area contributed by atoms with Crippen LogP contribution in [0.15, 0.2) is 24.5 Å². The molecule has 0 saturated carbocycles. The van der Waals surface area contributed by atoms with E-state index in [2.05, 4.69) is 19.9 Å². The summed E-state index contributed by atoms with van der Waals surface area (Å²) in [6.07, 6.45) is 5.02. The molecule has 1 aliphatic heterocycles. The Morgan fingerprint density at radius 1 is 1.38 bits per heavy atom. The zero-order chi connectivity index (χ0) is 16.9. The molecule has 1 saturated heterocycles. The quantitative estimate of drug-likeness (QED) is 0.908. The first kappa shape index (κ1) is 16.5. The van der Waals surface area contributed by atoms with Gasteiger partial charge >= 0.3 is 0 Å². The molecule has 0 radical (unpaired) electrons. The van der Waals surface area contributed by atoms with Crippen LogP contribution in [0.2, 0.25) is 0 Å². The molecule has 1 N–H and O–H groups in total. The van der Waals surface area contributed by atoms with Crippen LogP contribution in [-0.4, -0.2) is 50.9 Å². The third-order valence-corrected chi connectivity index (χ3v) is 5.05. The molecule has 0 unspecified atom stereocenters.